The number of carbonyl (C=O) groups is 1. The van der Waals surface area contributed by atoms with Crippen LogP contribution in [-0.2, 0) is 11.3 Å². The molecule has 0 unspecified atom stereocenters. The Morgan fingerprint density at radius 3 is 2.21 bits per heavy atom. The SMILES string of the molecule is CC(=O)Oc1c2n(ncc1=O)[C@@H](C(c1cccc(F)c1)c1cccc(F)c1)CN(C(C)C)C2. The molecular weight excluding hydrogens is 428 g/mol. The van der Waals surface area contributed by atoms with E-state index in [2.05, 4.69) is 10.00 Å². The van der Waals surface area contributed by atoms with E-state index in [0.717, 1.165) is 6.20 Å². The van der Waals surface area contributed by atoms with Crippen LogP contribution in [0, 0.1) is 11.6 Å². The summed E-state index contributed by atoms with van der Waals surface area (Å²) >= 11 is 0. The summed E-state index contributed by atoms with van der Waals surface area (Å²) in [5.41, 5.74) is 1.27. The minimum atomic E-state index is -0.605. The molecule has 0 aliphatic carbocycles. The predicted octanol–water partition coefficient (Wildman–Crippen LogP) is 4.04. The van der Waals surface area contributed by atoms with Crippen LogP contribution in [-0.4, -0.2) is 33.2 Å². The van der Waals surface area contributed by atoms with Gasteiger partial charge >= 0.3 is 5.97 Å². The van der Waals surface area contributed by atoms with Gasteiger partial charge in [-0.3, -0.25) is 19.2 Å². The summed E-state index contributed by atoms with van der Waals surface area (Å²) in [6.45, 7) is 6.13. The molecule has 1 atom stereocenters. The minimum Gasteiger partial charge on any atom is -0.420 e. The van der Waals surface area contributed by atoms with Gasteiger partial charge in [0.1, 0.15) is 11.6 Å². The van der Waals surface area contributed by atoms with Gasteiger partial charge < -0.3 is 4.74 Å². The van der Waals surface area contributed by atoms with Crippen molar-refractivity contribution in [1.82, 2.24) is 14.7 Å². The number of carbonyl (C=O) groups excluding carboxylic acids is 1. The lowest BCUT2D eigenvalue weighted by atomic mass is 9.83. The number of hydrogen-bond donors (Lipinski definition) is 0. The first kappa shape index (κ1) is 22.8. The van der Waals surface area contributed by atoms with Crippen LogP contribution >= 0.6 is 0 Å². The maximum Gasteiger partial charge on any atom is 0.308 e. The molecule has 0 radical (unpaired) electrons. The Balaban J connectivity index is 1.95. The molecule has 2 aromatic carbocycles. The highest BCUT2D eigenvalue weighted by atomic mass is 19.1. The summed E-state index contributed by atoms with van der Waals surface area (Å²) in [5, 5.41) is 4.38. The van der Waals surface area contributed by atoms with E-state index >= 15 is 0 Å². The Hall–Kier alpha value is -3.39. The summed E-state index contributed by atoms with van der Waals surface area (Å²) in [5.74, 6) is -1.95. The molecule has 0 fully saturated rings. The Bertz CT molecular complexity index is 1200. The molecule has 0 spiro atoms. The Morgan fingerprint density at radius 2 is 1.70 bits per heavy atom. The van der Waals surface area contributed by atoms with Crippen LogP contribution in [0.1, 0.15) is 49.6 Å². The van der Waals surface area contributed by atoms with Gasteiger partial charge in [-0.2, -0.15) is 5.10 Å². The maximum absolute atomic E-state index is 14.2. The van der Waals surface area contributed by atoms with E-state index in [1.807, 2.05) is 13.8 Å². The third kappa shape index (κ3) is 4.71. The van der Waals surface area contributed by atoms with Gasteiger partial charge in [-0.1, -0.05) is 24.3 Å². The first-order valence-corrected chi connectivity index (χ1v) is 10.8. The van der Waals surface area contributed by atoms with E-state index in [1.54, 1.807) is 28.9 Å². The van der Waals surface area contributed by atoms with Crippen molar-refractivity contribution in [3.63, 3.8) is 0 Å². The molecule has 1 aromatic heterocycles. The lowest BCUT2D eigenvalue weighted by Gasteiger charge is -2.41. The minimum absolute atomic E-state index is 0.0647. The second-order valence-electron chi connectivity index (χ2n) is 8.50. The zero-order valence-corrected chi connectivity index (χ0v) is 18.7. The first-order chi connectivity index (χ1) is 15.7. The highest BCUT2D eigenvalue weighted by Crippen LogP contribution is 2.40. The molecule has 1 aliphatic rings. The molecule has 6 nitrogen and oxygen atoms in total. The van der Waals surface area contributed by atoms with E-state index in [0.29, 0.717) is 29.9 Å². The largest absolute Gasteiger partial charge is 0.420 e. The van der Waals surface area contributed by atoms with E-state index in [4.69, 9.17) is 4.74 Å². The number of benzene rings is 2. The van der Waals surface area contributed by atoms with Crippen LogP contribution < -0.4 is 10.2 Å². The van der Waals surface area contributed by atoms with Crippen molar-refractivity contribution in [2.75, 3.05) is 6.54 Å². The molecule has 172 valence electrons. The fourth-order valence-electron chi connectivity index (χ4n) is 4.42. The van der Waals surface area contributed by atoms with Crippen LogP contribution in [0.3, 0.4) is 0 Å². The lowest BCUT2D eigenvalue weighted by Crippen LogP contribution is -2.45. The molecule has 0 N–H and O–H groups in total. The van der Waals surface area contributed by atoms with Crippen molar-refractivity contribution in [3.05, 3.63) is 93.4 Å². The molecular formula is C25H25F2N3O3. The molecule has 4 rings (SSSR count). The van der Waals surface area contributed by atoms with Crippen molar-refractivity contribution >= 4 is 5.97 Å². The van der Waals surface area contributed by atoms with Gasteiger partial charge in [-0.25, -0.2) is 8.78 Å². The summed E-state index contributed by atoms with van der Waals surface area (Å²) in [6, 6.07) is 12.1. The van der Waals surface area contributed by atoms with E-state index in [-0.39, 0.29) is 11.8 Å². The molecule has 0 amide bonds. The summed E-state index contributed by atoms with van der Waals surface area (Å²) < 4.78 is 35.4. The quantitative estimate of drug-likeness (QED) is 0.546. The van der Waals surface area contributed by atoms with E-state index < -0.39 is 35.0 Å². The van der Waals surface area contributed by atoms with Crippen molar-refractivity contribution in [1.29, 1.82) is 0 Å². The van der Waals surface area contributed by atoms with E-state index in [1.165, 1.54) is 31.2 Å². The van der Waals surface area contributed by atoms with Crippen molar-refractivity contribution in [2.24, 2.45) is 0 Å². The number of rotatable bonds is 5. The van der Waals surface area contributed by atoms with Gasteiger partial charge in [0.15, 0.2) is 0 Å². The molecule has 0 bridgehead atoms. The van der Waals surface area contributed by atoms with Gasteiger partial charge in [-0.15, -0.1) is 0 Å². The van der Waals surface area contributed by atoms with Gasteiger partial charge in [-0.05, 0) is 49.2 Å². The van der Waals surface area contributed by atoms with E-state index in [9.17, 15) is 18.4 Å². The van der Waals surface area contributed by atoms with Crippen LogP contribution in [0.4, 0.5) is 8.78 Å². The number of halogens is 2. The average molecular weight is 453 g/mol. The summed E-state index contributed by atoms with van der Waals surface area (Å²) in [6.07, 6.45) is 1.12. The molecule has 0 saturated heterocycles. The zero-order valence-electron chi connectivity index (χ0n) is 18.7. The average Bonchev–Trinajstić information content (AvgIpc) is 2.75. The van der Waals surface area contributed by atoms with Crippen molar-refractivity contribution in [3.8, 4) is 5.75 Å². The van der Waals surface area contributed by atoms with Gasteiger partial charge in [0.25, 0.3) is 0 Å². The van der Waals surface area contributed by atoms with Crippen LogP contribution in [0.2, 0.25) is 0 Å². The summed E-state index contributed by atoms with van der Waals surface area (Å²) in [7, 11) is 0. The topological polar surface area (TPSA) is 64.4 Å². The van der Waals surface area contributed by atoms with Crippen molar-refractivity contribution < 1.29 is 18.3 Å². The highest BCUT2D eigenvalue weighted by Gasteiger charge is 2.37. The zero-order chi connectivity index (χ0) is 23.7. The fourth-order valence-corrected chi connectivity index (χ4v) is 4.42. The van der Waals surface area contributed by atoms with Crippen LogP contribution in [0.25, 0.3) is 0 Å². The Morgan fingerprint density at radius 1 is 1.09 bits per heavy atom. The predicted molar refractivity (Wildman–Crippen MR) is 119 cm³/mol. The second kappa shape index (κ2) is 9.23. The smallest absolute Gasteiger partial charge is 0.308 e. The van der Waals surface area contributed by atoms with Gasteiger partial charge in [0.05, 0.1) is 17.9 Å². The molecule has 33 heavy (non-hydrogen) atoms. The number of esters is 1. The molecule has 8 heteroatoms. The Kier molecular flexibility index (Phi) is 6.37. The molecule has 3 aromatic rings. The van der Waals surface area contributed by atoms with Gasteiger partial charge in [0, 0.05) is 32.0 Å². The second-order valence-corrected chi connectivity index (χ2v) is 8.50. The highest BCUT2D eigenvalue weighted by molar-refractivity contribution is 5.69. The maximum atomic E-state index is 14.2. The number of nitrogens with zero attached hydrogens (tertiary/aromatic N) is 3. The number of hydrogen-bond acceptors (Lipinski definition) is 5. The first-order valence-electron chi connectivity index (χ1n) is 10.8. The number of fused-ring (bicyclic) bond motifs is 1. The lowest BCUT2D eigenvalue weighted by molar-refractivity contribution is -0.132. The molecule has 0 saturated carbocycles. The molecule has 1 aliphatic heterocycles. The van der Waals surface area contributed by atoms with Gasteiger partial charge in [0.2, 0.25) is 11.2 Å². The standard InChI is InChI=1S/C25H25F2N3O3/c1-15(2)29-13-21(30-22(14-29)25(33-16(3)31)23(32)12-28-30)24(17-6-4-8-19(26)10-17)18-7-5-9-20(27)11-18/h4-12,15,21,24H,13-14H2,1-3H3/t21-/m1/s1. The van der Waals surface area contributed by atoms with Crippen molar-refractivity contribution in [2.45, 2.75) is 45.3 Å². The van der Waals surface area contributed by atoms with Crippen LogP contribution in [0.15, 0.2) is 59.5 Å². The molecule has 2 heterocycles. The summed E-state index contributed by atoms with van der Waals surface area (Å²) in [4.78, 5) is 26.4. The number of aromatic nitrogens is 2. The Labute approximate surface area is 190 Å². The normalized spacial score (nSPS) is 16.2. The fraction of sp³-hybridized carbons (Fsp3) is 0.320. The third-order valence-electron chi connectivity index (χ3n) is 5.93. The van der Waals surface area contributed by atoms with Crippen LogP contribution in [0.5, 0.6) is 5.75 Å². The number of ether oxygens (including phenoxy) is 1. The monoisotopic (exact) mass is 453 g/mol. The third-order valence-corrected chi connectivity index (χ3v) is 5.93.